The predicted octanol–water partition coefficient (Wildman–Crippen LogP) is 0.894. The van der Waals surface area contributed by atoms with Crippen molar-refractivity contribution in [3.05, 3.63) is 11.8 Å². The van der Waals surface area contributed by atoms with Crippen molar-refractivity contribution >= 4 is 0 Å². The van der Waals surface area contributed by atoms with Crippen LogP contribution in [-0.4, -0.2) is 29.9 Å². The molecule has 0 amide bonds. The van der Waals surface area contributed by atoms with Crippen LogP contribution in [0, 0.1) is 12.8 Å². The highest BCUT2D eigenvalue weighted by molar-refractivity contribution is 4.76. The molecule has 1 aliphatic heterocycles. The van der Waals surface area contributed by atoms with Gasteiger partial charge in [0.15, 0.2) is 0 Å². The molecule has 5 heteroatoms. The molecule has 1 aromatic rings. The van der Waals surface area contributed by atoms with Gasteiger partial charge >= 0.3 is 0 Å². The Morgan fingerprint density at radius 2 is 2.20 bits per heavy atom. The van der Waals surface area contributed by atoms with Gasteiger partial charge in [-0.05, 0) is 31.8 Å². The maximum absolute atomic E-state index is 5.55. The third-order valence-corrected chi connectivity index (χ3v) is 2.61. The number of piperidine rings is 1. The van der Waals surface area contributed by atoms with Gasteiger partial charge in [-0.3, -0.25) is 0 Å². The van der Waals surface area contributed by atoms with E-state index in [1.807, 2.05) is 0 Å². The van der Waals surface area contributed by atoms with Crippen molar-refractivity contribution in [2.45, 2.75) is 26.4 Å². The van der Waals surface area contributed by atoms with Crippen LogP contribution < -0.4 is 5.32 Å². The fourth-order valence-corrected chi connectivity index (χ4v) is 1.76. The van der Waals surface area contributed by atoms with Crippen LogP contribution >= 0.6 is 0 Å². The highest BCUT2D eigenvalue weighted by atomic mass is 16.5. The summed E-state index contributed by atoms with van der Waals surface area (Å²) >= 11 is 0. The number of ether oxygens (including phenoxy) is 1. The van der Waals surface area contributed by atoms with E-state index in [4.69, 9.17) is 9.15 Å². The third kappa shape index (κ3) is 3.28. The molecule has 1 saturated heterocycles. The molecular weight excluding hydrogens is 194 g/mol. The van der Waals surface area contributed by atoms with Crippen LogP contribution in [-0.2, 0) is 11.3 Å². The zero-order valence-electron chi connectivity index (χ0n) is 9.03. The Morgan fingerprint density at radius 1 is 1.40 bits per heavy atom. The first-order valence-electron chi connectivity index (χ1n) is 5.42. The number of aromatic nitrogens is 2. The Bertz CT molecular complexity index is 295. The molecule has 0 spiro atoms. The number of nitrogens with one attached hydrogen (secondary N) is 1. The van der Waals surface area contributed by atoms with E-state index in [2.05, 4.69) is 15.5 Å². The van der Waals surface area contributed by atoms with Gasteiger partial charge in [0.1, 0.15) is 6.61 Å². The summed E-state index contributed by atoms with van der Waals surface area (Å²) in [7, 11) is 0. The van der Waals surface area contributed by atoms with Gasteiger partial charge in [0.25, 0.3) is 0 Å². The third-order valence-electron chi connectivity index (χ3n) is 2.61. The number of aryl methyl sites for hydroxylation is 1. The van der Waals surface area contributed by atoms with E-state index in [0.29, 0.717) is 24.3 Å². The van der Waals surface area contributed by atoms with Crippen LogP contribution in [0.2, 0.25) is 0 Å². The monoisotopic (exact) mass is 211 g/mol. The molecule has 2 heterocycles. The summed E-state index contributed by atoms with van der Waals surface area (Å²) in [6, 6.07) is 0. The Hall–Kier alpha value is -0.940. The molecule has 0 radical (unpaired) electrons. The molecule has 5 nitrogen and oxygen atoms in total. The fourth-order valence-electron chi connectivity index (χ4n) is 1.76. The van der Waals surface area contributed by atoms with E-state index in [1.54, 1.807) is 6.92 Å². The second-order valence-electron chi connectivity index (χ2n) is 3.92. The zero-order chi connectivity index (χ0) is 10.5. The summed E-state index contributed by atoms with van der Waals surface area (Å²) < 4.78 is 10.8. The van der Waals surface area contributed by atoms with E-state index in [1.165, 1.54) is 12.8 Å². The van der Waals surface area contributed by atoms with Crippen molar-refractivity contribution in [1.82, 2.24) is 15.5 Å². The number of hydrogen-bond donors (Lipinski definition) is 1. The number of rotatable bonds is 4. The lowest BCUT2D eigenvalue weighted by molar-refractivity contribution is 0.0629. The summed E-state index contributed by atoms with van der Waals surface area (Å²) in [5.41, 5.74) is 0. The van der Waals surface area contributed by atoms with Crippen LogP contribution in [0.4, 0.5) is 0 Å². The second kappa shape index (κ2) is 5.23. The molecule has 0 aromatic carbocycles. The quantitative estimate of drug-likeness (QED) is 0.801. The van der Waals surface area contributed by atoms with Gasteiger partial charge < -0.3 is 14.5 Å². The first-order chi connectivity index (χ1) is 7.34. The van der Waals surface area contributed by atoms with Crippen LogP contribution in [0.1, 0.15) is 24.6 Å². The van der Waals surface area contributed by atoms with Crippen molar-refractivity contribution in [2.75, 3.05) is 19.7 Å². The predicted molar refractivity (Wildman–Crippen MR) is 54.3 cm³/mol. The minimum atomic E-state index is 0.435. The smallest absolute Gasteiger partial charge is 0.242 e. The van der Waals surface area contributed by atoms with Crippen molar-refractivity contribution in [3.63, 3.8) is 0 Å². The Balaban J connectivity index is 1.65. The van der Waals surface area contributed by atoms with Gasteiger partial charge in [-0.15, -0.1) is 10.2 Å². The normalized spacial score (nSPS) is 18.2. The van der Waals surface area contributed by atoms with E-state index >= 15 is 0 Å². The zero-order valence-corrected chi connectivity index (χ0v) is 9.03. The lowest BCUT2D eigenvalue weighted by atomic mass is 9.99. The van der Waals surface area contributed by atoms with Crippen molar-refractivity contribution in [1.29, 1.82) is 0 Å². The van der Waals surface area contributed by atoms with Gasteiger partial charge in [0.2, 0.25) is 11.8 Å². The maximum Gasteiger partial charge on any atom is 0.242 e. The largest absolute Gasteiger partial charge is 0.423 e. The van der Waals surface area contributed by atoms with Gasteiger partial charge in [-0.25, -0.2) is 0 Å². The molecule has 0 unspecified atom stereocenters. The summed E-state index contributed by atoms with van der Waals surface area (Å²) in [6.45, 7) is 5.22. The molecule has 0 bridgehead atoms. The molecule has 2 rings (SSSR count). The number of nitrogens with zero attached hydrogens (tertiary/aromatic N) is 2. The average Bonchev–Trinajstić information content (AvgIpc) is 2.66. The molecule has 1 N–H and O–H groups in total. The van der Waals surface area contributed by atoms with Crippen LogP contribution in [0.15, 0.2) is 4.42 Å². The van der Waals surface area contributed by atoms with E-state index in [0.717, 1.165) is 19.7 Å². The molecule has 1 aromatic heterocycles. The van der Waals surface area contributed by atoms with Crippen LogP contribution in [0.3, 0.4) is 0 Å². The molecule has 1 fully saturated rings. The molecular formula is C10H17N3O2. The number of hydrogen-bond acceptors (Lipinski definition) is 5. The Labute approximate surface area is 89.2 Å². The first kappa shape index (κ1) is 10.6. The molecule has 1 aliphatic rings. The highest BCUT2D eigenvalue weighted by Crippen LogP contribution is 2.12. The molecule has 15 heavy (non-hydrogen) atoms. The summed E-state index contributed by atoms with van der Waals surface area (Å²) in [6.07, 6.45) is 2.39. The minimum absolute atomic E-state index is 0.435. The topological polar surface area (TPSA) is 60.2 Å². The minimum Gasteiger partial charge on any atom is -0.423 e. The van der Waals surface area contributed by atoms with Gasteiger partial charge in [0.05, 0.1) is 6.61 Å². The molecule has 0 saturated carbocycles. The lowest BCUT2D eigenvalue weighted by Gasteiger charge is -2.21. The van der Waals surface area contributed by atoms with Crippen molar-refractivity contribution in [2.24, 2.45) is 5.92 Å². The summed E-state index contributed by atoms with van der Waals surface area (Å²) in [4.78, 5) is 0. The van der Waals surface area contributed by atoms with E-state index < -0.39 is 0 Å². The maximum atomic E-state index is 5.55. The molecule has 84 valence electrons. The molecule has 0 atom stereocenters. The SMILES string of the molecule is Cc1nnc(COCC2CCNCC2)o1. The van der Waals surface area contributed by atoms with E-state index in [9.17, 15) is 0 Å². The van der Waals surface area contributed by atoms with Gasteiger partial charge in [-0.2, -0.15) is 0 Å². The first-order valence-corrected chi connectivity index (χ1v) is 5.42. The average molecular weight is 211 g/mol. The fraction of sp³-hybridized carbons (Fsp3) is 0.800. The van der Waals surface area contributed by atoms with Gasteiger partial charge in [-0.1, -0.05) is 0 Å². The van der Waals surface area contributed by atoms with Crippen LogP contribution in [0.5, 0.6) is 0 Å². The second-order valence-corrected chi connectivity index (χ2v) is 3.92. The summed E-state index contributed by atoms with van der Waals surface area (Å²) in [5, 5.41) is 10.9. The van der Waals surface area contributed by atoms with Gasteiger partial charge in [0, 0.05) is 6.92 Å². The highest BCUT2D eigenvalue weighted by Gasteiger charge is 2.13. The van der Waals surface area contributed by atoms with E-state index in [-0.39, 0.29) is 0 Å². The Morgan fingerprint density at radius 3 is 2.87 bits per heavy atom. The Kier molecular flexibility index (Phi) is 3.69. The van der Waals surface area contributed by atoms with Crippen LogP contribution in [0.25, 0.3) is 0 Å². The standard InChI is InChI=1S/C10H17N3O2/c1-8-12-13-10(15-8)7-14-6-9-2-4-11-5-3-9/h9,11H,2-7H2,1H3. The lowest BCUT2D eigenvalue weighted by Crippen LogP contribution is -2.29. The van der Waals surface area contributed by atoms with Crippen molar-refractivity contribution < 1.29 is 9.15 Å². The summed E-state index contributed by atoms with van der Waals surface area (Å²) in [5.74, 6) is 1.84. The molecule has 0 aliphatic carbocycles. The van der Waals surface area contributed by atoms with Crippen molar-refractivity contribution in [3.8, 4) is 0 Å².